The number of nitrogens with zero attached hydrogens (tertiary/aromatic N) is 4. The molecule has 1 aromatic heterocycles. The van der Waals surface area contributed by atoms with Crippen molar-refractivity contribution in [2.45, 2.75) is 25.7 Å². The third kappa shape index (κ3) is 4.53. The van der Waals surface area contributed by atoms with Crippen molar-refractivity contribution < 1.29 is 13.2 Å². The van der Waals surface area contributed by atoms with Gasteiger partial charge < -0.3 is 15.0 Å². The number of aryl methyl sites for hydroxylation is 1. The van der Waals surface area contributed by atoms with Crippen LogP contribution in [0.4, 0.5) is 11.8 Å². The van der Waals surface area contributed by atoms with Gasteiger partial charge in [0.2, 0.25) is 16.0 Å². The Morgan fingerprint density at radius 1 is 1.07 bits per heavy atom. The van der Waals surface area contributed by atoms with E-state index in [0.717, 1.165) is 18.1 Å². The van der Waals surface area contributed by atoms with Crippen LogP contribution >= 0.6 is 0 Å². The Morgan fingerprint density at radius 3 is 2.36 bits per heavy atom. The van der Waals surface area contributed by atoms with Crippen LogP contribution in [0.3, 0.4) is 0 Å². The number of aromatic nitrogens is 2. The monoisotopic (exact) mass is 405 g/mol. The van der Waals surface area contributed by atoms with Crippen LogP contribution in [0.15, 0.2) is 35.2 Å². The Bertz CT molecular complexity index is 894. The lowest BCUT2D eigenvalue weighted by atomic mass is 10.3. The molecule has 152 valence electrons. The molecule has 0 bridgehead atoms. The molecule has 0 spiro atoms. The van der Waals surface area contributed by atoms with Gasteiger partial charge in [-0.3, -0.25) is 0 Å². The molecular weight excluding hydrogens is 378 g/mol. The van der Waals surface area contributed by atoms with Gasteiger partial charge in [-0.25, -0.2) is 13.4 Å². The van der Waals surface area contributed by atoms with Crippen LogP contribution in [0.1, 0.15) is 19.5 Å². The van der Waals surface area contributed by atoms with Crippen molar-refractivity contribution in [1.82, 2.24) is 14.3 Å². The van der Waals surface area contributed by atoms with Gasteiger partial charge in [0.25, 0.3) is 0 Å². The quantitative estimate of drug-likeness (QED) is 0.755. The van der Waals surface area contributed by atoms with E-state index in [9.17, 15) is 8.42 Å². The summed E-state index contributed by atoms with van der Waals surface area (Å²) in [6.45, 7) is 9.10. The van der Waals surface area contributed by atoms with E-state index in [-0.39, 0.29) is 4.90 Å². The minimum atomic E-state index is -3.52. The van der Waals surface area contributed by atoms with E-state index in [1.54, 1.807) is 24.3 Å². The maximum absolute atomic E-state index is 12.9. The largest absolute Gasteiger partial charge is 0.494 e. The minimum absolute atomic E-state index is 0.289. The topological polar surface area (TPSA) is 87.7 Å². The molecule has 1 aliphatic rings. The van der Waals surface area contributed by atoms with Gasteiger partial charge in [0.1, 0.15) is 11.6 Å². The van der Waals surface area contributed by atoms with Crippen LogP contribution in [-0.4, -0.2) is 62.0 Å². The van der Waals surface area contributed by atoms with Gasteiger partial charge in [0.15, 0.2) is 0 Å². The van der Waals surface area contributed by atoms with Crippen LogP contribution in [0.25, 0.3) is 0 Å². The summed E-state index contributed by atoms with van der Waals surface area (Å²) in [4.78, 5) is 11.3. The number of ether oxygens (including phenoxy) is 1. The second kappa shape index (κ2) is 8.74. The molecule has 1 N–H and O–H groups in total. The predicted molar refractivity (Wildman–Crippen MR) is 110 cm³/mol. The zero-order valence-corrected chi connectivity index (χ0v) is 17.4. The second-order valence-electron chi connectivity index (χ2n) is 6.52. The summed E-state index contributed by atoms with van der Waals surface area (Å²) in [6, 6.07) is 8.51. The van der Waals surface area contributed by atoms with Gasteiger partial charge in [-0.1, -0.05) is 0 Å². The lowest BCUT2D eigenvalue weighted by Gasteiger charge is -2.34. The molecule has 8 nitrogen and oxygen atoms in total. The summed E-state index contributed by atoms with van der Waals surface area (Å²) in [5, 5.41) is 3.13. The fraction of sp³-hybridized carbons (Fsp3) is 0.474. The van der Waals surface area contributed by atoms with Gasteiger partial charge in [0.05, 0.1) is 11.5 Å². The van der Waals surface area contributed by atoms with Gasteiger partial charge in [-0.05, 0) is 45.0 Å². The number of rotatable bonds is 7. The summed E-state index contributed by atoms with van der Waals surface area (Å²) < 4.78 is 32.8. The summed E-state index contributed by atoms with van der Waals surface area (Å²) in [5.41, 5.74) is 0.880. The fourth-order valence-corrected chi connectivity index (χ4v) is 4.55. The van der Waals surface area contributed by atoms with Crippen LogP contribution < -0.4 is 15.0 Å². The number of nitrogens with one attached hydrogen (secondary N) is 1. The first kappa shape index (κ1) is 20.3. The summed E-state index contributed by atoms with van der Waals surface area (Å²) in [5.74, 6) is 2.09. The molecule has 1 fully saturated rings. The van der Waals surface area contributed by atoms with Crippen LogP contribution in [0, 0.1) is 6.92 Å². The molecule has 1 aliphatic heterocycles. The molecule has 2 aromatic rings. The van der Waals surface area contributed by atoms with Gasteiger partial charge in [0, 0.05) is 44.5 Å². The lowest BCUT2D eigenvalue weighted by molar-refractivity contribution is 0.340. The molecule has 1 saturated heterocycles. The van der Waals surface area contributed by atoms with E-state index < -0.39 is 10.0 Å². The summed E-state index contributed by atoms with van der Waals surface area (Å²) >= 11 is 0. The van der Waals surface area contributed by atoms with E-state index in [0.29, 0.717) is 44.5 Å². The molecule has 2 heterocycles. The van der Waals surface area contributed by atoms with Crippen molar-refractivity contribution in [2.24, 2.45) is 0 Å². The molecule has 0 unspecified atom stereocenters. The SMILES string of the molecule is CCNc1nc(C)cc(N2CCN(S(=O)(=O)c3ccc(OCC)cc3)CC2)n1. The number of hydrogen-bond acceptors (Lipinski definition) is 7. The molecule has 3 rings (SSSR count). The standard InChI is InChI=1S/C19H27N5O3S/c1-4-20-19-21-15(3)14-18(22-19)23-10-12-24(13-11-23)28(25,26)17-8-6-16(7-9-17)27-5-2/h6-9,14H,4-5,10-13H2,1-3H3,(H,20,21,22). The fourth-order valence-electron chi connectivity index (χ4n) is 3.13. The van der Waals surface area contributed by atoms with Crippen LogP contribution in [0.2, 0.25) is 0 Å². The molecule has 0 saturated carbocycles. The zero-order chi connectivity index (χ0) is 20.1. The molecule has 9 heteroatoms. The Morgan fingerprint density at radius 2 is 1.75 bits per heavy atom. The van der Waals surface area contributed by atoms with E-state index in [1.807, 2.05) is 26.8 Å². The first-order valence-corrected chi connectivity index (χ1v) is 11.0. The Balaban J connectivity index is 1.69. The third-order valence-electron chi connectivity index (χ3n) is 4.51. The Labute approximate surface area is 166 Å². The van der Waals surface area contributed by atoms with Crippen molar-refractivity contribution in [3.63, 3.8) is 0 Å². The smallest absolute Gasteiger partial charge is 0.243 e. The van der Waals surface area contributed by atoms with Crippen molar-refractivity contribution >= 4 is 21.8 Å². The molecule has 28 heavy (non-hydrogen) atoms. The predicted octanol–water partition coefficient (Wildman–Crippen LogP) is 2.13. The number of hydrogen-bond donors (Lipinski definition) is 1. The first-order valence-electron chi connectivity index (χ1n) is 9.51. The maximum atomic E-state index is 12.9. The van der Waals surface area contributed by atoms with Crippen LogP contribution in [0.5, 0.6) is 5.75 Å². The Hall–Kier alpha value is -2.39. The van der Waals surface area contributed by atoms with E-state index in [2.05, 4.69) is 20.2 Å². The number of anilines is 2. The third-order valence-corrected chi connectivity index (χ3v) is 6.42. The summed E-state index contributed by atoms with van der Waals surface area (Å²) in [7, 11) is -3.52. The maximum Gasteiger partial charge on any atom is 0.243 e. The lowest BCUT2D eigenvalue weighted by Crippen LogP contribution is -2.49. The van der Waals surface area contributed by atoms with Crippen molar-refractivity contribution in [3.05, 3.63) is 36.0 Å². The minimum Gasteiger partial charge on any atom is -0.494 e. The number of piperazine rings is 1. The average Bonchev–Trinajstić information content (AvgIpc) is 2.69. The second-order valence-corrected chi connectivity index (χ2v) is 8.45. The Kier molecular flexibility index (Phi) is 6.35. The van der Waals surface area contributed by atoms with Crippen molar-refractivity contribution in [1.29, 1.82) is 0 Å². The molecular formula is C19H27N5O3S. The highest BCUT2D eigenvalue weighted by Crippen LogP contribution is 2.23. The van der Waals surface area contributed by atoms with Crippen molar-refractivity contribution in [2.75, 3.05) is 49.5 Å². The molecule has 0 atom stereocenters. The molecule has 1 aromatic carbocycles. The van der Waals surface area contributed by atoms with Gasteiger partial charge >= 0.3 is 0 Å². The first-order chi connectivity index (χ1) is 13.4. The average molecular weight is 406 g/mol. The van der Waals surface area contributed by atoms with E-state index in [4.69, 9.17) is 4.74 Å². The molecule has 0 aliphatic carbocycles. The number of benzene rings is 1. The highest BCUT2D eigenvalue weighted by molar-refractivity contribution is 7.89. The van der Waals surface area contributed by atoms with E-state index >= 15 is 0 Å². The highest BCUT2D eigenvalue weighted by Gasteiger charge is 2.29. The van der Waals surface area contributed by atoms with Crippen LogP contribution in [-0.2, 0) is 10.0 Å². The highest BCUT2D eigenvalue weighted by atomic mass is 32.2. The van der Waals surface area contributed by atoms with Gasteiger partial charge in [-0.2, -0.15) is 9.29 Å². The normalized spacial score (nSPS) is 15.5. The zero-order valence-electron chi connectivity index (χ0n) is 16.6. The summed E-state index contributed by atoms with van der Waals surface area (Å²) in [6.07, 6.45) is 0. The van der Waals surface area contributed by atoms with E-state index in [1.165, 1.54) is 4.31 Å². The number of sulfonamides is 1. The van der Waals surface area contributed by atoms with Crippen molar-refractivity contribution in [3.8, 4) is 5.75 Å². The molecule has 0 amide bonds. The molecule has 0 radical (unpaired) electrons. The van der Waals surface area contributed by atoms with Gasteiger partial charge in [-0.15, -0.1) is 0 Å².